The number of nitrogens with two attached hydrogens (primary N) is 1. The third kappa shape index (κ3) is 2.77. The Morgan fingerprint density at radius 3 is 2.55 bits per heavy atom. The summed E-state index contributed by atoms with van der Waals surface area (Å²) >= 11 is 0. The van der Waals surface area contributed by atoms with Crippen molar-refractivity contribution in [1.82, 2.24) is 4.57 Å². The van der Waals surface area contributed by atoms with Crippen LogP contribution in [0.5, 0.6) is 5.75 Å². The molecule has 3 rings (SSSR count). The smallest absolute Gasteiger partial charge is 0.356 e. The van der Waals surface area contributed by atoms with Crippen LogP contribution < -0.4 is 15.0 Å². The molecule has 0 fully saturated rings. The number of anilines is 1. The maximum atomic E-state index is 6.31. The van der Waals surface area contributed by atoms with E-state index in [-0.39, 0.29) is 0 Å². The van der Waals surface area contributed by atoms with Gasteiger partial charge in [0.2, 0.25) is 0 Å². The monoisotopic (exact) mass is 296 g/mol. The van der Waals surface area contributed by atoms with E-state index in [0.29, 0.717) is 6.61 Å². The minimum Gasteiger partial charge on any atom is -0.493 e. The Labute approximate surface area is 130 Å². The van der Waals surface area contributed by atoms with E-state index in [0.717, 1.165) is 31.2 Å². The predicted octanol–water partition coefficient (Wildman–Crippen LogP) is 3.00. The number of benzene rings is 2. The van der Waals surface area contributed by atoms with Crippen molar-refractivity contribution < 1.29 is 9.30 Å². The first-order chi connectivity index (χ1) is 10.8. The Morgan fingerprint density at radius 1 is 1.05 bits per heavy atom. The largest absolute Gasteiger partial charge is 0.493 e. The van der Waals surface area contributed by atoms with Gasteiger partial charge < -0.3 is 4.74 Å². The van der Waals surface area contributed by atoms with E-state index < -0.39 is 0 Å². The summed E-state index contributed by atoms with van der Waals surface area (Å²) in [6.45, 7) is 4.53. The molecule has 0 aliphatic carbocycles. The number of nitrogen functional groups attached to an aromatic ring is 1. The van der Waals surface area contributed by atoms with Crippen LogP contribution in [0.2, 0.25) is 0 Å². The van der Waals surface area contributed by atoms with E-state index in [1.54, 1.807) is 0 Å². The summed E-state index contributed by atoms with van der Waals surface area (Å²) in [5, 5.41) is 0. The second kappa shape index (κ2) is 6.52. The average Bonchev–Trinajstić information content (AvgIpc) is 2.84. The maximum Gasteiger partial charge on any atom is 0.356 e. The normalized spacial score (nSPS) is 11.0. The number of imidazole rings is 1. The van der Waals surface area contributed by atoms with Crippen molar-refractivity contribution in [3.63, 3.8) is 0 Å². The van der Waals surface area contributed by atoms with Gasteiger partial charge in [-0.2, -0.15) is 0 Å². The van der Waals surface area contributed by atoms with Gasteiger partial charge in [0.05, 0.1) is 19.7 Å². The van der Waals surface area contributed by atoms with Gasteiger partial charge in [-0.3, -0.25) is 5.73 Å². The van der Waals surface area contributed by atoms with E-state index in [4.69, 9.17) is 10.5 Å². The summed E-state index contributed by atoms with van der Waals surface area (Å²) in [5.41, 5.74) is 8.67. The SMILES string of the molecule is CCn1c(N)[n+](CCCOc2ccccc2)c2ccccc21. The molecule has 0 bridgehead atoms. The van der Waals surface area contributed by atoms with Crippen molar-refractivity contribution in [2.24, 2.45) is 0 Å². The first-order valence-electron chi connectivity index (χ1n) is 7.75. The Bertz CT molecular complexity index is 750. The molecular weight excluding hydrogens is 274 g/mol. The minimum absolute atomic E-state index is 0.683. The van der Waals surface area contributed by atoms with Crippen LogP contribution in [0.15, 0.2) is 54.6 Å². The molecule has 0 radical (unpaired) electrons. The molecule has 4 nitrogen and oxygen atoms in total. The zero-order valence-corrected chi connectivity index (χ0v) is 12.9. The van der Waals surface area contributed by atoms with Gasteiger partial charge in [0.15, 0.2) is 0 Å². The molecule has 0 unspecified atom stereocenters. The first-order valence-corrected chi connectivity index (χ1v) is 7.75. The molecule has 3 aromatic rings. The molecule has 114 valence electrons. The molecule has 0 saturated heterocycles. The lowest BCUT2D eigenvalue weighted by molar-refractivity contribution is -0.657. The van der Waals surface area contributed by atoms with Gasteiger partial charge in [-0.05, 0) is 31.2 Å². The van der Waals surface area contributed by atoms with E-state index in [1.807, 2.05) is 30.3 Å². The average molecular weight is 296 g/mol. The van der Waals surface area contributed by atoms with Crippen LogP contribution in [0.4, 0.5) is 5.95 Å². The predicted molar refractivity (Wildman–Crippen MR) is 88.8 cm³/mol. The number of rotatable bonds is 6. The van der Waals surface area contributed by atoms with Crippen molar-refractivity contribution in [3.05, 3.63) is 54.6 Å². The van der Waals surface area contributed by atoms with E-state index in [2.05, 4.69) is 40.3 Å². The lowest BCUT2D eigenvalue weighted by atomic mass is 10.3. The number of hydrogen-bond donors (Lipinski definition) is 1. The summed E-state index contributed by atoms with van der Waals surface area (Å²) in [4.78, 5) is 0. The highest BCUT2D eigenvalue weighted by molar-refractivity contribution is 5.73. The fourth-order valence-electron chi connectivity index (χ4n) is 2.81. The Hall–Kier alpha value is -2.49. The molecule has 0 aliphatic heterocycles. The van der Waals surface area contributed by atoms with Crippen LogP contribution in [0.1, 0.15) is 13.3 Å². The lowest BCUT2D eigenvalue weighted by Crippen LogP contribution is -2.37. The fraction of sp³-hybridized carbons (Fsp3) is 0.278. The van der Waals surface area contributed by atoms with E-state index in [1.165, 1.54) is 11.0 Å². The van der Waals surface area contributed by atoms with Gasteiger partial charge in [-0.1, -0.05) is 30.3 Å². The van der Waals surface area contributed by atoms with Crippen LogP contribution in [-0.2, 0) is 13.1 Å². The number of hydrogen-bond acceptors (Lipinski definition) is 2. The Balaban J connectivity index is 1.70. The second-order valence-corrected chi connectivity index (χ2v) is 5.26. The molecule has 1 heterocycles. The highest BCUT2D eigenvalue weighted by Crippen LogP contribution is 2.16. The minimum atomic E-state index is 0.683. The van der Waals surface area contributed by atoms with Gasteiger partial charge in [0, 0.05) is 6.42 Å². The van der Waals surface area contributed by atoms with Crippen molar-refractivity contribution in [1.29, 1.82) is 0 Å². The maximum absolute atomic E-state index is 6.31. The second-order valence-electron chi connectivity index (χ2n) is 5.26. The summed E-state index contributed by atoms with van der Waals surface area (Å²) in [7, 11) is 0. The number of nitrogens with zero attached hydrogens (tertiary/aromatic N) is 2. The van der Waals surface area contributed by atoms with E-state index >= 15 is 0 Å². The summed E-state index contributed by atoms with van der Waals surface area (Å²) in [5.74, 6) is 1.72. The molecule has 1 aromatic heterocycles. The first kappa shape index (κ1) is 14.4. The molecule has 4 heteroatoms. The number of fused-ring (bicyclic) bond motifs is 1. The zero-order valence-electron chi connectivity index (χ0n) is 12.9. The van der Waals surface area contributed by atoms with Crippen molar-refractivity contribution >= 4 is 17.0 Å². The van der Waals surface area contributed by atoms with Crippen LogP contribution in [0.3, 0.4) is 0 Å². The molecule has 0 amide bonds. The van der Waals surface area contributed by atoms with Crippen molar-refractivity contribution in [3.8, 4) is 5.75 Å². The topological polar surface area (TPSA) is 44.1 Å². The fourth-order valence-corrected chi connectivity index (χ4v) is 2.81. The summed E-state index contributed by atoms with van der Waals surface area (Å²) < 4.78 is 10.1. The highest BCUT2D eigenvalue weighted by Gasteiger charge is 2.18. The van der Waals surface area contributed by atoms with Crippen molar-refractivity contribution in [2.45, 2.75) is 26.4 Å². The molecule has 0 saturated carbocycles. The number of ether oxygens (including phenoxy) is 1. The van der Waals surface area contributed by atoms with Crippen LogP contribution in [0.25, 0.3) is 11.0 Å². The molecule has 0 spiro atoms. The molecule has 2 N–H and O–H groups in total. The number of para-hydroxylation sites is 3. The Morgan fingerprint density at radius 2 is 1.77 bits per heavy atom. The van der Waals surface area contributed by atoms with E-state index in [9.17, 15) is 0 Å². The molecule has 0 atom stereocenters. The van der Waals surface area contributed by atoms with Gasteiger partial charge in [-0.15, -0.1) is 0 Å². The molecule has 2 aromatic carbocycles. The van der Waals surface area contributed by atoms with Gasteiger partial charge in [0.1, 0.15) is 16.8 Å². The van der Waals surface area contributed by atoms with Crippen molar-refractivity contribution in [2.75, 3.05) is 12.3 Å². The molecular formula is C18H22N3O+. The summed E-state index contributed by atoms with van der Waals surface area (Å²) in [6, 6.07) is 18.3. The molecule has 0 aliphatic rings. The summed E-state index contributed by atoms with van der Waals surface area (Å²) in [6.07, 6.45) is 0.918. The quantitative estimate of drug-likeness (QED) is 0.561. The van der Waals surface area contributed by atoms with Gasteiger partial charge >= 0.3 is 5.95 Å². The third-order valence-electron chi connectivity index (χ3n) is 3.87. The van der Waals surface area contributed by atoms with Gasteiger partial charge in [0.25, 0.3) is 0 Å². The van der Waals surface area contributed by atoms with Crippen LogP contribution in [-0.4, -0.2) is 11.2 Å². The highest BCUT2D eigenvalue weighted by atomic mass is 16.5. The lowest BCUT2D eigenvalue weighted by Gasteiger charge is -2.05. The number of aryl methyl sites for hydroxylation is 2. The Kier molecular flexibility index (Phi) is 4.28. The van der Waals surface area contributed by atoms with Gasteiger partial charge in [-0.25, -0.2) is 9.13 Å². The van der Waals surface area contributed by atoms with Crippen LogP contribution >= 0.6 is 0 Å². The zero-order chi connectivity index (χ0) is 15.4. The standard InChI is InChI=1S/C18H21N3O/c1-2-20-16-11-6-7-12-17(16)21(18(20)19)13-8-14-22-15-9-4-3-5-10-15/h3-7,9-12,19H,2,8,13-14H2,1H3/p+1. The molecule has 22 heavy (non-hydrogen) atoms. The number of aromatic nitrogens is 2. The third-order valence-corrected chi connectivity index (χ3v) is 3.87. The van der Waals surface area contributed by atoms with Crippen LogP contribution in [0, 0.1) is 0 Å².